The quantitative estimate of drug-likeness (QED) is 0.812. The van der Waals surface area contributed by atoms with Crippen LogP contribution in [0, 0.1) is 11.3 Å². The van der Waals surface area contributed by atoms with Gasteiger partial charge in [-0.1, -0.05) is 6.07 Å². The van der Waals surface area contributed by atoms with Gasteiger partial charge in [-0.2, -0.15) is 0 Å². The first-order valence-electron chi connectivity index (χ1n) is 6.75. The van der Waals surface area contributed by atoms with Gasteiger partial charge in [-0.3, -0.25) is 0 Å². The minimum absolute atomic E-state index is 0.216. The molecule has 0 spiro atoms. The molecule has 0 bridgehead atoms. The molecule has 1 aromatic carbocycles. The van der Waals surface area contributed by atoms with Crippen molar-refractivity contribution in [1.82, 2.24) is 0 Å². The predicted molar refractivity (Wildman–Crippen MR) is 76.8 cm³/mol. The molecule has 19 heavy (non-hydrogen) atoms. The fourth-order valence-electron chi connectivity index (χ4n) is 2.88. The van der Waals surface area contributed by atoms with Gasteiger partial charge < -0.3 is 11.1 Å². The number of hydrogen-bond acceptors (Lipinski definition) is 4. The summed E-state index contributed by atoms with van der Waals surface area (Å²) < 4.78 is 23.3. The summed E-state index contributed by atoms with van der Waals surface area (Å²) in [5, 5.41) is 3.36. The Hall–Kier alpha value is -1.23. The summed E-state index contributed by atoms with van der Waals surface area (Å²) in [7, 11) is -3.26. The van der Waals surface area contributed by atoms with Crippen molar-refractivity contribution in [1.29, 1.82) is 0 Å². The van der Waals surface area contributed by atoms with Gasteiger partial charge in [0.25, 0.3) is 0 Å². The van der Waals surface area contributed by atoms with Gasteiger partial charge in [0.15, 0.2) is 9.84 Å². The number of nitrogens with one attached hydrogen (secondary N) is 1. The second kappa shape index (κ2) is 4.13. The van der Waals surface area contributed by atoms with E-state index in [0.717, 1.165) is 18.2 Å². The molecule has 0 amide bonds. The number of nitrogens with two attached hydrogens (primary N) is 1. The Bertz CT molecular complexity index is 602. The molecule has 0 unspecified atom stereocenters. The molecular weight excluding hydrogens is 260 g/mol. The summed E-state index contributed by atoms with van der Waals surface area (Å²) in [5.41, 5.74) is 7.52. The van der Waals surface area contributed by atoms with Crippen molar-refractivity contribution in [2.45, 2.75) is 30.6 Å². The van der Waals surface area contributed by atoms with Crippen LogP contribution in [0.4, 0.5) is 11.4 Å². The van der Waals surface area contributed by atoms with E-state index in [0.29, 0.717) is 11.1 Å². The van der Waals surface area contributed by atoms with Crippen LogP contribution in [0.3, 0.4) is 0 Å². The van der Waals surface area contributed by atoms with Gasteiger partial charge in [-0.05, 0) is 49.1 Å². The van der Waals surface area contributed by atoms with Crippen molar-refractivity contribution in [2.75, 3.05) is 23.9 Å². The van der Waals surface area contributed by atoms with Crippen LogP contribution >= 0.6 is 0 Å². The van der Waals surface area contributed by atoms with Crippen LogP contribution in [0.5, 0.6) is 0 Å². The second-order valence-electron chi connectivity index (χ2n) is 5.98. The fourth-order valence-corrected chi connectivity index (χ4v) is 3.71. The molecule has 3 rings (SSSR count). The van der Waals surface area contributed by atoms with E-state index in [9.17, 15) is 8.42 Å². The van der Waals surface area contributed by atoms with Crippen LogP contribution in [0.2, 0.25) is 0 Å². The molecule has 0 saturated heterocycles. The number of sulfone groups is 1. The summed E-state index contributed by atoms with van der Waals surface area (Å²) in [6.07, 6.45) is 6.46. The van der Waals surface area contributed by atoms with Gasteiger partial charge in [0.2, 0.25) is 0 Å². The summed E-state index contributed by atoms with van der Waals surface area (Å²) in [6, 6.07) is 5.16. The van der Waals surface area contributed by atoms with E-state index in [1.807, 2.05) is 6.07 Å². The molecule has 2 aliphatic carbocycles. The Morgan fingerprint density at radius 1 is 1.37 bits per heavy atom. The van der Waals surface area contributed by atoms with Gasteiger partial charge in [0.05, 0.1) is 16.3 Å². The Morgan fingerprint density at radius 2 is 2.05 bits per heavy atom. The molecule has 2 fully saturated rings. The molecule has 0 radical (unpaired) electrons. The topological polar surface area (TPSA) is 72.2 Å². The van der Waals surface area contributed by atoms with E-state index in [1.54, 1.807) is 12.1 Å². The van der Waals surface area contributed by atoms with Gasteiger partial charge in [-0.25, -0.2) is 8.42 Å². The van der Waals surface area contributed by atoms with Gasteiger partial charge >= 0.3 is 0 Å². The zero-order valence-corrected chi connectivity index (χ0v) is 12.0. The van der Waals surface area contributed by atoms with Crippen LogP contribution in [-0.2, 0) is 9.84 Å². The molecule has 0 atom stereocenters. The van der Waals surface area contributed by atoms with E-state index in [-0.39, 0.29) is 4.90 Å². The molecule has 3 N–H and O–H groups in total. The minimum Gasteiger partial charge on any atom is -0.396 e. The molecule has 5 heteroatoms. The van der Waals surface area contributed by atoms with Gasteiger partial charge in [0, 0.05) is 12.8 Å². The number of anilines is 2. The van der Waals surface area contributed by atoms with Crippen molar-refractivity contribution in [3.05, 3.63) is 18.2 Å². The molecule has 4 nitrogen and oxygen atoms in total. The maximum atomic E-state index is 11.6. The first-order chi connectivity index (χ1) is 8.92. The molecule has 0 aromatic heterocycles. The molecule has 2 aliphatic rings. The predicted octanol–water partition coefficient (Wildman–Crippen LogP) is 2.27. The molecule has 0 aliphatic heterocycles. The minimum atomic E-state index is -3.26. The number of para-hydroxylation sites is 1. The largest absolute Gasteiger partial charge is 0.396 e. The number of nitrogen functional groups attached to an aromatic ring is 1. The standard InChI is InChI=1S/C14H20N2O2S/c1-19(17,18)12-4-2-3-11(13(12)15)16-9-14(7-8-14)10-5-6-10/h2-4,10,16H,5-9,15H2,1H3. The normalized spacial score (nSPS) is 21.1. The first kappa shape index (κ1) is 12.8. The number of benzene rings is 1. The lowest BCUT2D eigenvalue weighted by atomic mass is 10.0. The average Bonchev–Trinajstić information content (AvgIpc) is 3.19. The number of rotatable bonds is 5. The van der Waals surface area contributed by atoms with Crippen LogP contribution < -0.4 is 11.1 Å². The lowest BCUT2D eigenvalue weighted by Crippen LogP contribution is -2.18. The van der Waals surface area contributed by atoms with Crippen LogP contribution in [0.25, 0.3) is 0 Å². The maximum absolute atomic E-state index is 11.6. The van der Waals surface area contributed by atoms with E-state index < -0.39 is 9.84 Å². The highest BCUT2D eigenvalue weighted by Gasteiger charge is 2.53. The summed E-state index contributed by atoms with van der Waals surface area (Å²) in [5.74, 6) is 0.874. The first-order valence-corrected chi connectivity index (χ1v) is 8.64. The van der Waals surface area contributed by atoms with E-state index in [4.69, 9.17) is 5.73 Å². The Kier molecular flexibility index (Phi) is 2.78. The average molecular weight is 280 g/mol. The maximum Gasteiger partial charge on any atom is 0.177 e. The lowest BCUT2D eigenvalue weighted by Gasteiger charge is -2.18. The van der Waals surface area contributed by atoms with Crippen molar-refractivity contribution in [2.24, 2.45) is 11.3 Å². The highest BCUT2D eigenvalue weighted by atomic mass is 32.2. The second-order valence-corrected chi connectivity index (χ2v) is 7.96. The Labute approximate surface area is 114 Å². The molecule has 2 saturated carbocycles. The third-order valence-corrected chi connectivity index (χ3v) is 5.59. The van der Waals surface area contributed by atoms with Crippen LogP contribution in [0.1, 0.15) is 25.7 Å². The zero-order valence-electron chi connectivity index (χ0n) is 11.1. The van der Waals surface area contributed by atoms with Crippen molar-refractivity contribution in [3.63, 3.8) is 0 Å². The lowest BCUT2D eigenvalue weighted by molar-refractivity contribution is 0.467. The molecular formula is C14H20N2O2S. The zero-order chi connectivity index (χ0) is 13.7. The molecule has 1 aromatic rings. The van der Waals surface area contributed by atoms with Crippen molar-refractivity contribution < 1.29 is 8.42 Å². The SMILES string of the molecule is CS(=O)(=O)c1cccc(NCC2(C3CC3)CC2)c1N. The molecule has 104 valence electrons. The van der Waals surface area contributed by atoms with E-state index >= 15 is 0 Å². The monoisotopic (exact) mass is 280 g/mol. The highest BCUT2D eigenvalue weighted by molar-refractivity contribution is 7.90. The van der Waals surface area contributed by atoms with Gasteiger partial charge in [0.1, 0.15) is 0 Å². The summed E-state index contributed by atoms with van der Waals surface area (Å²) >= 11 is 0. The van der Waals surface area contributed by atoms with Crippen molar-refractivity contribution >= 4 is 21.2 Å². The number of hydrogen-bond donors (Lipinski definition) is 2. The third kappa shape index (κ3) is 2.43. The van der Waals surface area contributed by atoms with E-state index in [1.165, 1.54) is 31.9 Å². The summed E-state index contributed by atoms with van der Waals surface area (Å²) in [6.45, 7) is 0.912. The molecule has 0 heterocycles. The Morgan fingerprint density at radius 3 is 2.58 bits per heavy atom. The summed E-state index contributed by atoms with van der Waals surface area (Å²) in [4.78, 5) is 0.216. The smallest absolute Gasteiger partial charge is 0.177 e. The third-order valence-electron chi connectivity index (χ3n) is 4.43. The fraction of sp³-hybridized carbons (Fsp3) is 0.571. The Balaban J connectivity index is 1.78. The van der Waals surface area contributed by atoms with Crippen LogP contribution in [0.15, 0.2) is 23.1 Å². The van der Waals surface area contributed by atoms with E-state index in [2.05, 4.69) is 5.32 Å². The van der Waals surface area contributed by atoms with Gasteiger partial charge in [-0.15, -0.1) is 0 Å². The van der Waals surface area contributed by atoms with Crippen molar-refractivity contribution in [3.8, 4) is 0 Å². The highest BCUT2D eigenvalue weighted by Crippen LogP contribution is 2.61. The van der Waals surface area contributed by atoms with Crippen LogP contribution in [-0.4, -0.2) is 21.2 Å².